The van der Waals surface area contributed by atoms with Crippen molar-refractivity contribution in [3.63, 3.8) is 0 Å². The number of nitrogens with one attached hydrogen (secondary N) is 1. The molecule has 3 aromatic rings. The van der Waals surface area contributed by atoms with Crippen LogP contribution >= 0.6 is 0 Å². The molecule has 4 rings (SSSR count). The number of aryl methyl sites for hydroxylation is 2. The van der Waals surface area contributed by atoms with Crippen LogP contribution in [-0.4, -0.2) is 66.7 Å². The van der Waals surface area contributed by atoms with Gasteiger partial charge in [-0.1, -0.05) is 35.6 Å². The number of primary amides is 1. The van der Waals surface area contributed by atoms with Crippen LogP contribution in [-0.2, 0) is 28.9 Å². The van der Waals surface area contributed by atoms with Crippen LogP contribution in [0, 0.1) is 0 Å². The molecule has 41 heavy (non-hydrogen) atoms. The fourth-order valence-corrected chi connectivity index (χ4v) is 4.34. The lowest BCUT2D eigenvalue weighted by Gasteiger charge is -2.29. The number of hydrogen-bond donors (Lipinski definition) is 2. The number of carbonyl (C=O) groups is 3. The van der Waals surface area contributed by atoms with E-state index in [9.17, 15) is 14.4 Å². The van der Waals surface area contributed by atoms with Gasteiger partial charge in [-0.25, -0.2) is 4.79 Å². The van der Waals surface area contributed by atoms with E-state index >= 15 is 0 Å². The standard InChI is InChI=1S/C29H36N8O4/c1-29(2,3)41-28(40)36-15-12-21(13-16-36)22-8-6-7-20(17-22)18-26(38)31-25-11-10-23(32-34-25)9-4-5-14-37-19-24(27(30)39)33-35-37/h6-8,10-12,17,19H,4-5,9,13-16,18H2,1-3H3,(H2,30,39)(H,31,34,38). The Morgan fingerprint density at radius 2 is 1.90 bits per heavy atom. The summed E-state index contributed by atoms with van der Waals surface area (Å²) in [5.74, 6) is -0.381. The Bertz CT molecular complexity index is 1410. The largest absolute Gasteiger partial charge is 0.444 e. The van der Waals surface area contributed by atoms with E-state index in [0.717, 1.165) is 41.7 Å². The van der Waals surface area contributed by atoms with Crippen LogP contribution in [0.1, 0.15) is 67.3 Å². The molecule has 3 heterocycles. The van der Waals surface area contributed by atoms with Crippen molar-refractivity contribution in [2.24, 2.45) is 5.73 Å². The highest BCUT2D eigenvalue weighted by atomic mass is 16.6. The minimum atomic E-state index is -0.598. The summed E-state index contributed by atoms with van der Waals surface area (Å²) < 4.78 is 7.06. The zero-order valence-electron chi connectivity index (χ0n) is 23.7. The van der Waals surface area contributed by atoms with Crippen LogP contribution in [0.4, 0.5) is 10.6 Å². The number of benzene rings is 1. The lowest BCUT2D eigenvalue weighted by Crippen LogP contribution is -2.39. The normalized spacial score (nSPS) is 13.4. The molecule has 0 atom stereocenters. The fraction of sp³-hybridized carbons (Fsp3) is 0.414. The number of amides is 3. The molecule has 0 aliphatic carbocycles. The molecule has 0 radical (unpaired) electrons. The van der Waals surface area contributed by atoms with E-state index in [1.165, 1.54) is 6.20 Å². The molecule has 2 aromatic heterocycles. The Hall–Kier alpha value is -4.61. The molecule has 3 amide bonds. The molecule has 1 aliphatic rings. The number of rotatable bonds is 10. The van der Waals surface area contributed by atoms with Crippen LogP contribution in [0.2, 0.25) is 0 Å². The first-order chi connectivity index (χ1) is 19.6. The Kier molecular flexibility index (Phi) is 9.43. The monoisotopic (exact) mass is 560 g/mol. The molecular weight excluding hydrogens is 524 g/mol. The molecule has 12 heteroatoms. The van der Waals surface area contributed by atoms with Crippen LogP contribution < -0.4 is 11.1 Å². The molecule has 3 N–H and O–H groups in total. The van der Waals surface area contributed by atoms with Gasteiger partial charge in [0.1, 0.15) is 5.60 Å². The van der Waals surface area contributed by atoms with Crippen LogP contribution in [0.5, 0.6) is 0 Å². The summed E-state index contributed by atoms with van der Waals surface area (Å²) in [5.41, 5.74) is 8.70. The Balaban J connectivity index is 1.22. The van der Waals surface area contributed by atoms with E-state index in [0.29, 0.717) is 31.9 Å². The second-order valence-electron chi connectivity index (χ2n) is 10.9. The maximum Gasteiger partial charge on any atom is 0.410 e. The molecule has 1 aliphatic heterocycles. The number of nitrogens with zero attached hydrogens (tertiary/aromatic N) is 6. The topological polar surface area (TPSA) is 158 Å². The average Bonchev–Trinajstić information content (AvgIpc) is 3.41. The van der Waals surface area contributed by atoms with Gasteiger partial charge in [0.15, 0.2) is 11.5 Å². The van der Waals surface area contributed by atoms with Crippen molar-refractivity contribution in [3.8, 4) is 0 Å². The van der Waals surface area contributed by atoms with Crippen molar-refractivity contribution in [2.45, 2.75) is 65.0 Å². The Labute approximate surface area is 239 Å². The number of aromatic nitrogens is 5. The summed E-state index contributed by atoms with van der Waals surface area (Å²) in [6, 6.07) is 11.5. The molecule has 216 valence electrons. The van der Waals surface area contributed by atoms with Gasteiger partial charge < -0.3 is 20.7 Å². The highest BCUT2D eigenvalue weighted by Crippen LogP contribution is 2.24. The van der Waals surface area contributed by atoms with Crippen molar-refractivity contribution in [1.82, 2.24) is 30.1 Å². The zero-order valence-corrected chi connectivity index (χ0v) is 23.7. The highest BCUT2D eigenvalue weighted by Gasteiger charge is 2.24. The summed E-state index contributed by atoms with van der Waals surface area (Å²) in [6.07, 6.45) is 6.57. The first-order valence-corrected chi connectivity index (χ1v) is 13.6. The minimum Gasteiger partial charge on any atom is -0.444 e. The number of unbranched alkanes of at least 4 members (excludes halogenated alkanes) is 1. The van der Waals surface area contributed by atoms with Gasteiger partial charge in [0.05, 0.1) is 18.3 Å². The zero-order chi connectivity index (χ0) is 29.4. The SMILES string of the molecule is CC(C)(C)OC(=O)N1CC=C(c2cccc(CC(=O)Nc3ccc(CCCCn4cc(C(N)=O)nn4)nn3)c2)CC1. The van der Waals surface area contributed by atoms with Crippen molar-refractivity contribution >= 4 is 29.3 Å². The van der Waals surface area contributed by atoms with E-state index < -0.39 is 11.5 Å². The minimum absolute atomic E-state index is 0.149. The molecule has 1 aromatic carbocycles. The number of carbonyl (C=O) groups excluding carboxylic acids is 3. The van der Waals surface area contributed by atoms with Crippen LogP contribution in [0.25, 0.3) is 5.57 Å². The second-order valence-corrected chi connectivity index (χ2v) is 10.9. The van der Waals surface area contributed by atoms with Crippen LogP contribution in [0.15, 0.2) is 48.7 Å². The van der Waals surface area contributed by atoms with Gasteiger partial charge in [-0.3, -0.25) is 14.3 Å². The molecule has 0 saturated carbocycles. The summed E-state index contributed by atoms with van der Waals surface area (Å²) >= 11 is 0. The van der Waals surface area contributed by atoms with Gasteiger partial charge in [0.25, 0.3) is 5.91 Å². The number of nitrogens with two attached hydrogens (primary N) is 1. The highest BCUT2D eigenvalue weighted by molar-refractivity contribution is 5.91. The molecule has 0 bridgehead atoms. The molecular formula is C29H36N8O4. The van der Waals surface area contributed by atoms with E-state index in [1.54, 1.807) is 15.6 Å². The fourth-order valence-electron chi connectivity index (χ4n) is 4.34. The van der Waals surface area contributed by atoms with E-state index in [-0.39, 0.29) is 24.1 Å². The molecule has 0 saturated heterocycles. The maximum absolute atomic E-state index is 12.7. The lowest BCUT2D eigenvalue weighted by atomic mass is 9.97. The summed E-state index contributed by atoms with van der Waals surface area (Å²) in [4.78, 5) is 37.8. The van der Waals surface area contributed by atoms with Crippen molar-refractivity contribution in [1.29, 1.82) is 0 Å². The molecule has 0 unspecified atom stereocenters. The molecule has 12 nitrogen and oxygen atoms in total. The lowest BCUT2D eigenvalue weighted by molar-refractivity contribution is -0.115. The van der Waals surface area contributed by atoms with Gasteiger partial charge in [-0.15, -0.1) is 10.2 Å². The summed E-state index contributed by atoms with van der Waals surface area (Å²) in [5, 5.41) is 18.8. The number of anilines is 1. The second kappa shape index (κ2) is 13.2. The van der Waals surface area contributed by atoms with Gasteiger partial charge in [-0.2, -0.15) is 5.10 Å². The van der Waals surface area contributed by atoms with Crippen molar-refractivity contribution < 1.29 is 19.1 Å². The number of hydrogen-bond acceptors (Lipinski definition) is 8. The van der Waals surface area contributed by atoms with Crippen molar-refractivity contribution in [2.75, 3.05) is 18.4 Å². The van der Waals surface area contributed by atoms with E-state index in [1.807, 2.05) is 57.2 Å². The summed E-state index contributed by atoms with van der Waals surface area (Å²) in [6.45, 7) is 7.26. The average molecular weight is 561 g/mol. The third-order valence-corrected chi connectivity index (χ3v) is 6.37. The predicted molar refractivity (Wildman–Crippen MR) is 153 cm³/mol. The molecule has 0 spiro atoms. The maximum atomic E-state index is 12.7. The van der Waals surface area contributed by atoms with Gasteiger partial charge in [-0.05, 0) is 75.3 Å². The van der Waals surface area contributed by atoms with Crippen LogP contribution in [0.3, 0.4) is 0 Å². The Morgan fingerprint density at radius 3 is 2.56 bits per heavy atom. The predicted octanol–water partition coefficient (Wildman–Crippen LogP) is 3.40. The quantitative estimate of drug-likeness (QED) is 0.357. The first-order valence-electron chi connectivity index (χ1n) is 13.6. The molecule has 0 fully saturated rings. The van der Waals surface area contributed by atoms with E-state index in [4.69, 9.17) is 10.5 Å². The third-order valence-electron chi connectivity index (χ3n) is 6.37. The number of ether oxygens (including phenoxy) is 1. The third kappa shape index (κ3) is 8.95. The van der Waals surface area contributed by atoms with Crippen molar-refractivity contribution in [3.05, 3.63) is 71.2 Å². The summed E-state index contributed by atoms with van der Waals surface area (Å²) in [7, 11) is 0. The smallest absolute Gasteiger partial charge is 0.410 e. The van der Waals surface area contributed by atoms with E-state index in [2.05, 4.69) is 25.8 Å². The first kappa shape index (κ1) is 29.4. The van der Waals surface area contributed by atoms with Gasteiger partial charge >= 0.3 is 6.09 Å². The van der Waals surface area contributed by atoms with Gasteiger partial charge in [0.2, 0.25) is 5.91 Å². The Morgan fingerprint density at radius 1 is 1.07 bits per heavy atom. The van der Waals surface area contributed by atoms with Gasteiger partial charge in [0, 0.05) is 19.6 Å².